The van der Waals surface area contributed by atoms with Gasteiger partial charge in [-0.2, -0.15) is 5.10 Å². The lowest BCUT2D eigenvalue weighted by atomic mass is 9.84. The molecule has 1 heterocycles. The summed E-state index contributed by atoms with van der Waals surface area (Å²) >= 11 is 6.45. The fraction of sp³-hybridized carbons (Fsp3) is 0.0769. The molecule has 0 unspecified atom stereocenters. The van der Waals surface area contributed by atoms with Crippen LogP contribution in [0.5, 0.6) is 0 Å². The lowest BCUT2D eigenvalue weighted by Crippen LogP contribution is -2.04. The fourth-order valence-electron chi connectivity index (χ4n) is 3.91. The summed E-state index contributed by atoms with van der Waals surface area (Å²) in [4.78, 5) is 11.8. The number of rotatable bonds is 6. The van der Waals surface area contributed by atoms with Gasteiger partial charge in [-0.15, -0.1) is 12.4 Å². The van der Waals surface area contributed by atoms with E-state index in [1.165, 1.54) is 12.1 Å². The number of aliphatic carboxylic acids is 1. The molecule has 0 atom stereocenters. The van der Waals surface area contributed by atoms with Crippen molar-refractivity contribution in [2.45, 2.75) is 13.3 Å². The summed E-state index contributed by atoms with van der Waals surface area (Å²) < 4.78 is 13.8. The molecule has 0 aliphatic heterocycles. The molecule has 0 saturated carbocycles. The molecule has 1 aromatic heterocycles. The molecule has 0 saturated heterocycles. The molecule has 0 aliphatic rings. The monoisotopic (exact) mass is 482 g/mol. The van der Waals surface area contributed by atoms with Crippen molar-refractivity contribution in [1.29, 1.82) is 0 Å². The van der Waals surface area contributed by atoms with Crippen LogP contribution in [0.2, 0.25) is 5.02 Å². The molecule has 4 rings (SSSR count). The summed E-state index contributed by atoms with van der Waals surface area (Å²) in [7, 11) is 0. The van der Waals surface area contributed by atoms with E-state index >= 15 is 0 Å². The lowest BCUT2D eigenvalue weighted by molar-refractivity contribution is -0.130. The first kappa shape index (κ1) is 24.2. The summed E-state index contributed by atoms with van der Waals surface area (Å²) in [5.41, 5.74) is 5.31. The number of fused-ring (bicyclic) bond motifs is 1. The van der Waals surface area contributed by atoms with Gasteiger partial charge >= 0.3 is 5.97 Å². The van der Waals surface area contributed by atoms with Crippen LogP contribution in [0.15, 0.2) is 73.4 Å². The van der Waals surface area contributed by atoms with Crippen LogP contribution in [0.25, 0.3) is 27.6 Å². The normalized spacial score (nSPS) is 11.6. The summed E-state index contributed by atoms with van der Waals surface area (Å²) in [6.45, 7) is 5.76. The maximum absolute atomic E-state index is 13.8. The van der Waals surface area contributed by atoms with Crippen LogP contribution < -0.4 is 0 Å². The van der Waals surface area contributed by atoms with E-state index in [0.29, 0.717) is 28.1 Å². The molecule has 4 aromatic rings. The number of aromatic amines is 1. The molecule has 33 heavy (non-hydrogen) atoms. The van der Waals surface area contributed by atoms with Crippen molar-refractivity contribution in [3.05, 3.63) is 107 Å². The molecular weight excluding hydrogens is 462 g/mol. The van der Waals surface area contributed by atoms with Gasteiger partial charge in [0.25, 0.3) is 0 Å². The molecule has 0 fully saturated rings. The topological polar surface area (TPSA) is 66.0 Å². The minimum absolute atomic E-state index is 0. The first-order chi connectivity index (χ1) is 15.4. The molecular formula is C26H21Cl2FN2O2. The minimum Gasteiger partial charge on any atom is -0.478 e. The van der Waals surface area contributed by atoms with Gasteiger partial charge in [0.15, 0.2) is 0 Å². The van der Waals surface area contributed by atoms with E-state index in [2.05, 4.69) is 16.8 Å². The second kappa shape index (κ2) is 10.0. The Balaban J connectivity index is 0.00000306. The van der Waals surface area contributed by atoms with Crippen LogP contribution in [0, 0.1) is 5.82 Å². The van der Waals surface area contributed by atoms with E-state index < -0.39 is 11.8 Å². The number of benzene rings is 3. The number of aromatic nitrogens is 2. The van der Waals surface area contributed by atoms with Gasteiger partial charge in [0, 0.05) is 5.39 Å². The van der Waals surface area contributed by atoms with Gasteiger partial charge in [0.1, 0.15) is 5.82 Å². The van der Waals surface area contributed by atoms with Crippen molar-refractivity contribution in [2.24, 2.45) is 0 Å². The fourth-order valence-corrected chi connectivity index (χ4v) is 4.19. The second-order valence-corrected chi connectivity index (χ2v) is 7.74. The third kappa shape index (κ3) is 4.70. The van der Waals surface area contributed by atoms with Gasteiger partial charge in [0.2, 0.25) is 0 Å². The summed E-state index contributed by atoms with van der Waals surface area (Å²) in [5, 5.41) is 17.9. The number of carbonyl (C=O) groups is 1. The quantitative estimate of drug-likeness (QED) is 0.224. The van der Waals surface area contributed by atoms with Gasteiger partial charge < -0.3 is 5.11 Å². The molecule has 7 heteroatoms. The van der Waals surface area contributed by atoms with Crippen LogP contribution in [-0.4, -0.2) is 21.3 Å². The van der Waals surface area contributed by atoms with Crippen LogP contribution >= 0.6 is 24.0 Å². The average Bonchev–Trinajstić information content (AvgIpc) is 3.25. The number of halogens is 3. The molecule has 0 bridgehead atoms. The van der Waals surface area contributed by atoms with Gasteiger partial charge in [0.05, 0.1) is 22.3 Å². The maximum atomic E-state index is 13.8. The first-order valence-corrected chi connectivity index (χ1v) is 10.4. The van der Waals surface area contributed by atoms with Crippen molar-refractivity contribution in [3.63, 3.8) is 0 Å². The zero-order valence-corrected chi connectivity index (χ0v) is 19.3. The summed E-state index contributed by atoms with van der Waals surface area (Å²) in [5.74, 6) is -1.52. The molecule has 168 valence electrons. The Hall–Kier alpha value is -3.41. The zero-order chi connectivity index (χ0) is 22.8. The Morgan fingerprint density at radius 1 is 1.09 bits per heavy atom. The molecule has 0 spiro atoms. The number of allylic oxidation sites excluding steroid dienone is 1. The van der Waals surface area contributed by atoms with Gasteiger partial charge in [-0.1, -0.05) is 61.5 Å². The molecule has 4 nitrogen and oxygen atoms in total. The minimum atomic E-state index is -1.10. The number of hydrogen-bond donors (Lipinski definition) is 2. The van der Waals surface area contributed by atoms with Crippen LogP contribution in [0.4, 0.5) is 4.39 Å². The maximum Gasteiger partial charge on any atom is 0.335 e. The van der Waals surface area contributed by atoms with Crippen molar-refractivity contribution in [3.8, 4) is 0 Å². The van der Waals surface area contributed by atoms with Crippen molar-refractivity contribution >= 4 is 57.6 Å². The molecule has 2 N–H and O–H groups in total. The molecule has 3 aromatic carbocycles. The standard InChI is InChI=1S/C26H20ClFN2O2.ClH/c1-3-19(21-10-9-18(28)13-23(21)27)25(16-8-11-24-17(12-16)14-29-30-24)22-7-5-4-6-20(22)15(2)26(31)32;/h4-14H,2-3H2,1H3,(H,29,30)(H,31,32);1H/b25-19+;. The first-order valence-electron chi connectivity index (χ1n) is 10.0. The predicted octanol–water partition coefficient (Wildman–Crippen LogP) is 7.24. The third-order valence-corrected chi connectivity index (χ3v) is 5.73. The SMILES string of the molecule is C=C(C(=O)O)c1ccccc1/C(=C(\CC)c1ccc(F)cc1Cl)c1ccc2[nH]ncc2c1.Cl. The largest absolute Gasteiger partial charge is 0.478 e. The number of carboxylic acids is 1. The number of hydrogen-bond acceptors (Lipinski definition) is 2. The third-order valence-electron chi connectivity index (χ3n) is 5.42. The van der Waals surface area contributed by atoms with Gasteiger partial charge in [-0.05, 0) is 64.1 Å². The Bertz CT molecular complexity index is 1390. The van der Waals surface area contributed by atoms with Crippen molar-refractivity contribution in [2.75, 3.05) is 0 Å². The Kier molecular flexibility index (Phi) is 7.36. The van der Waals surface area contributed by atoms with Crippen LogP contribution in [0.3, 0.4) is 0 Å². The van der Waals surface area contributed by atoms with E-state index in [0.717, 1.165) is 27.6 Å². The number of nitrogens with zero attached hydrogens (tertiary/aromatic N) is 1. The van der Waals surface area contributed by atoms with E-state index in [9.17, 15) is 14.3 Å². The highest BCUT2D eigenvalue weighted by molar-refractivity contribution is 6.33. The van der Waals surface area contributed by atoms with E-state index in [1.807, 2.05) is 37.3 Å². The predicted molar refractivity (Wildman–Crippen MR) is 134 cm³/mol. The number of H-pyrrole nitrogens is 1. The van der Waals surface area contributed by atoms with E-state index in [-0.39, 0.29) is 18.0 Å². The summed E-state index contributed by atoms with van der Waals surface area (Å²) in [6.07, 6.45) is 2.31. The molecule has 0 aliphatic carbocycles. The number of carboxylic acid groups (broad SMARTS) is 1. The zero-order valence-electron chi connectivity index (χ0n) is 17.7. The van der Waals surface area contributed by atoms with Crippen molar-refractivity contribution < 1.29 is 14.3 Å². The summed E-state index contributed by atoms with van der Waals surface area (Å²) in [6, 6.07) is 17.4. The van der Waals surface area contributed by atoms with Crippen LogP contribution in [0.1, 0.15) is 35.6 Å². The molecule has 0 radical (unpaired) electrons. The van der Waals surface area contributed by atoms with Gasteiger partial charge in [-0.25, -0.2) is 9.18 Å². The smallest absolute Gasteiger partial charge is 0.335 e. The van der Waals surface area contributed by atoms with Crippen molar-refractivity contribution in [1.82, 2.24) is 10.2 Å². The van der Waals surface area contributed by atoms with Gasteiger partial charge in [-0.3, -0.25) is 5.10 Å². The van der Waals surface area contributed by atoms with E-state index in [1.54, 1.807) is 24.4 Å². The molecule has 0 amide bonds. The highest BCUT2D eigenvalue weighted by Crippen LogP contribution is 2.40. The van der Waals surface area contributed by atoms with E-state index in [4.69, 9.17) is 11.6 Å². The Morgan fingerprint density at radius 2 is 1.82 bits per heavy atom. The van der Waals surface area contributed by atoms with Crippen LogP contribution in [-0.2, 0) is 4.79 Å². The Labute approximate surface area is 201 Å². The lowest BCUT2D eigenvalue weighted by Gasteiger charge is -2.20. The number of nitrogens with one attached hydrogen (secondary N) is 1. The highest BCUT2D eigenvalue weighted by atomic mass is 35.5. The second-order valence-electron chi connectivity index (χ2n) is 7.33. The Morgan fingerprint density at radius 3 is 2.48 bits per heavy atom. The highest BCUT2D eigenvalue weighted by Gasteiger charge is 2.21. The average molecular weight is 483 g/mol.